The Morgan fingerprint density at radius 2 is 2.11 bits per heavy atom. The van der Waals surface area contributed by atoms with Gasteiger partial charge in [0.1, 0.15) is 4.21 Å². The first-order valence-corrected chi connectivity index (χ1v) is 8.63. The minimum absolute atomic E-state index is 0.0150. The molecule has 0 saturated carbocycles. The molecule has 2 N–H and O–H groups in total. The van der Waals surface area contributed by atoms with Crippen LogP contribution in [-0.4, -0.2) is 44.6 Å². The predicted octanol–water partition coefficient (Wildman–Crippen LogP) is 0.921. The van der Waals surface area contributed by atoms with Gasteiger partial charge in [0.25, 0.3) is 0 Å². The topological polar surface area (TPSA) is 69.6 Å². The highest BCUT2D eigenvalue weighted by Gasteiger charge is 2.25. The van der Waals surface area contributed by atoms with Crippen molar-refractivity contribution in [3.63, 3.8) is 0 Å². The maximum atomic E-state index is 12.3. The van der Waals surface area contributed by atoms with Crippen LogP contribution >= 0.6 is 11.3 Å². The van der Waals surface area contributed by atoms with Crippen molar-refractivity contribution in [3.05, 3.63) is 16.5 Å². The molecule has 0 unspecified atom stereocenters. The number of hydrogen-bond acceptors (Lipinski definition) is 5. The summed E-state index contributed by atoms with van der Waals surface area (Å²) in [5, 5.41) is 9.14. The first-order valence-electron chi connectivity index (χ1n) is 6.33. The zero-order valence-corrected chi connectivity index (χ0v) is 12.9. The Kier molecular flexibility index (Phi) is 4.62. The third kappa shape index (κ3) is 3.55. The molecule has 7 heteroatoms. The van der Waals surface area contributed by atoms with Crippen molar-refractivity contribution in [1.82, 2.24) is 9.62 Å². The van der Waals surface area contributed by atoms with E-state index in [9.17, 15) is 8.42 Å². The van der Waals surface area contributed by atoms with Gasteiger partial charge in [-0.15, -0.1) is 11.3 Å². The predicted molar refractivity (Wildman–Crippen MR) is 75.8 cm³/mol. The number of likely N-dealkylation sites (tertiary alicyclic amines) is 1. The van der Waals surface area contributed by atoms with Gasteiger partial charge in [-0.05, 0) is 51.5 Å². The van der Waals surface area contributed by atoms with Crippen LogP contribution in [0.2, 0.25) is 0 Å². The molecule has 0 bridgehead atoms. The summed E-state index contributed by atoms with van der Waals surface area (Å²) in [7, 11) is -1.41. The highest BCUT2D eigenvalue weighted by molar-refractivity contribution is 7.91. The van der Waals surface area contributed by atoms with E-state index in [-0.39, 0.29) is 12.6 Å². The Labute approximate surface area is 118 Å². The normalized spacial score (nSPS) is 18.9. The van der Waals surface area contributed by atoms with Crippen LogP contribution in [0.5, 0.6) is 0 Å². The summed E-state index contributed by atoms with van der Waals surface area (Å²) in [5.74, 6) is 0. The number of nitrogens with zero attached hydrogens (tertiary/aromatic N) is 1. The molecule has 108 valence electrons. The second-order valence-electron chi connectivity index (χ2n) is 5.03. The van der Waals surface area contributed by atoms with Crippen LogP contribution in [0, 0.1) is 6.92 Å². The number of aryl methyl sites for hydroxylation is 1. The van der Waals surface area contributed by atoms with Crippen molar-refractivity contribution in [2.45, 2.75) is 36.6 Å². The average molecular weight is 304 g/mol. The number of sulfonamides is 1. The lowest BCUT2D eigenvalue weighted by Gasteiger charge is -2.29. The zero-order valence-electron chi connectivity index (χ0n) is 11.2. The fraction of sp³-hybridized carbons (Fsp3) is 0.667. The summed E-state index contributed by atoms with van der Waals surface area (Å²) in [6, 6.07) is 1.65. The molecule has 0 aliphatic carbocycles. The molecule has 1 fully saturated rings. The maximum Gasteiger partial charge on any atom is 0.250 e. The lowest BCUT2D eigenvalue weighted by atomic mass is 10.1. The van der Waals surface area contributed by atoms with Crippen molar-refractivity contribution in [2.24, 2.45) is 0 Å². The average Bonchev–Trinajstić information content (AvgIpc) is 2.74. The van der Waals surface area contributed by atoms with Crippen molar-refractivity contribution in [3.8, 4) is 0 Å². The van der Waals surface area contributed by atoms with Crippen molar-refractivity contribution in [1.29, 1.82) is 0 Å². The number of nitrogens with one attached hydrogen (secondary N) is 1. The summed E-state index contributed by atoms with van der Waals surface area (Å²) in [6.07, 6.45) is 1.68. The van der Waals surface area contributed by atoms with Gasteiger partial charge in [-0.1, -0.05) is 0 Å². The van der Waals surface area contributed by atoms with E-state index in [4.69, 9.17) is 5.11 Å². The Morgan fingerprint density at radius 3 is 2.63 bits per heavy atom. The van der Waals surface area contributed by atoms with Crippen LogP contribution in [0.3, 0.4) is 0 Å². The van der Waals surface area contributed by atoms with Gasteiger partial charge >= 0.3 is 0 Å². The maximum absolute atomic E-state index is 12.3. The van der Waals surface area contributed by atoms with Gasteiger partial charge in [0.05, 0.1) is 6.61 Å². The van der Waals surface area contributed by atoms with E-state index < -0.39 is 10.0 Å². The SMILES string of the molecule is Cc1cc(S(=O)(=O)NC2CCN(C)CC2)sc1CO. The number of thiophene rings is 1. The monoisotopic (exact) mass is 304 g/mol. The van der Waals surface area contributed by atoms with E-state index in [2.05, 4.69) is 9.62 Å². The number of hydrogen-bond donors (Lipinski definition) is 2. The molecule has 1 aliphatic rings. The molecule has 1 saturated heterocycles. The number of aliphatic hydroxyl groups is 1. The van der Waals surface area contributed by atoms with E-state index >= 15 is 0 Å². The standard InChI is InChI=1S/C12H20N2O3S2/c1-9-7-12(18-11(9)8-15)19(16,17)13-10-3-5-14(2)6-4-10/h7,10,13,15H,3-6,8H2,1-2H3. The molecule has 1 aromatic heterocycles. The Morgan fingerprint density at radius 1 is 1.47 bits per heavy atom. The largest absolute Gasteiger partial charge is 0.391 e. The molecule has 0 aromatic carbocycles. The minimum Gasteiger partial charge on any atom is -0.391 e. The van der Waals surface area contributed by atoms with Gasteiger partial charge in [0, 0.05) is 10.9 Å². The molecular weight excluding hydrogens is 284 g/mol. The van der Waals surface area contributed by atoms with Gasteiger partial charge in [-0.25, -0.2) is 13.1 Å². The van der Waals surface area contributed by atoms with Gasteiger partial charge < -0.3 is 10.0 Å². The fourth-order valence-electron chi connectivity index (χ4n) is 2.18. The van der Waals surface area contributed by atoms with Crippen LogP contribution in [-0.2, 0) is 16.6 Å². The summed E-state index contributed by atoms with van der Waals surface area (Å²) in [4.78, 5) is 2.91. The molecule has 1 aliphatic heterocycles. The minimum atomic E-state index is -3.45. The highest BCUT2D eigenvalue weighted by Crippen LogP contribution is 2.26. The summed E-state index contributed by atoms with van der Waals surface area (Å²) in [5.41, 5.74) is 0.830. The quantitative estimate of drug-likeness (QED) is 0.868. The third-order valence-electron chi connectivity index (χ3n) is 3.45. The van der Waals surface area contributed by atoms with Crippen molar-refractivity contribution in [2.75, 3.05) is 20.1 Å². The smallest absolute Gasteiger partial charge is 0.250 e. The molecule has 2 rings (SSSR count). The van der Waals surface area contributed by atoms with E-state index in [0.717, 1.165) is 42.8 Å². The van der Waals surface area contributed by atoms with Crippen molar-refractivity contribution >= 4 is 21.4 Å². The molecule has 5 nitrogen and oxygen atoms in total. The third-order valence-corrected chi connectivity index (χ3v) is 6.66. The number of aliphatic hydroxyl groups excluding tert-OH is 1. The first kappa shape index (κ1) is 14.9. The molecule has 2 heterocycles. The van der Waals surface area contributed by atoms with E-state index in [0.29, 0.717) is 9.09 Å². The van der Waals surface area contributed by atoms with Gasteiger partial charge in [-0.3, -0.25) is 0 Å². The number of rotatable bonds is 4. The van der Waals surface area contributed by atoms with Crippen LogP contribution in [0.4, 0.5) is 0 Å². The Balaban J connectivity index is 2.09. The van der Waals surface area contributed by atoms with Crippen LogP contribution < -0.4 is 4.72 Å². The van der Waals surface area contributed by atoms with Crippen LogP contribution in [0.25, 0.3) is 0 Å². The highest BCUT2D eigenvalue weighted by atomic mass is 32.2. The second-order valence-corrected chi connectivity index (χ2v) is 8.11. The molecular formula is C12H20N2O3S2. The zero-order chi connectivity index (χ0) is 14.0. The van der Waals surface area contributed by atoms with Gasteiger partial charge in [-0.2, -0.15) is 0 Å². The van der Waals surface area contributed by atoms with Crippen LogP contribution in [0.15, 0.2) is 10.3 Å². The van der Waals surface area contributed by atoms with E-state index in [1.54, 1.807) is 6.07 Å². The van der Waals surface area contributed by atoms with Crippen LogP contribution in [0.1, 0.15) is 23.3 Å². The van der Waals surface area contributed by atoms with E-state index in [1.807, 2.05) is 14.0 Å². The summed E-state index contributed by atoms with van der Waals surface area (Å²) < 4.78 is 27.6. The first-order chi connectivity index (χ1) is 8.92. The second kappa shape index (κ2) is 5.88. The molecule has 0 amide bonds. The summed E-state index contributed by atoms with van der Waals surface area (Å²) >= 11 is 1.14. The number of piperidine rings is 1. The Bertz CT molecular complexity index is 531. The fourth-order valence-corrected chi connectivity index (χ4v) is 4.95. The Hall–Kier alpha value is -0.470. The molecule has 0 atom stereocenters. The van der Waals surface area contributed by atoms with Crippen molar-refractivity contribution < 1.29 is 13.5 Å². The van der Waals surface area contributed by atoms with E-state index in [1.165, 1.54) is 0 Å². The molecule has 1 aromatic rings. The lowest BCUT2D eigenvalue weighted by Crippen LogP contribution is -2.43. The van der Waals surface area contributed by atoms with Gasteiger partial charge in [0.2, 0.25) is 10.0 Å². The molecule has 0 radical (unpaired) electrons. The lowest BCUT2D eigenvalue weighted by molar-refractivity contribution is 0.248. The summed E-state index contributed by atoms with van der Waals surface area (Å²) in [6.45, 7) is 3.54. The molecule has 0 spiro atoms. The van der Waals surface area contributed by atoms with Gasteiger partial charge in [0.15, 0.2) is 0 Å². The molecule has 19 heavy (non-hydrogen) atoms.